The summed E-state index contributed by atoms with van der Waals surface area (Å²) < 4.78 is 34.3. The van der Waals surface area contributed by atoms with Gasteiger partial charge in [-0.15, -0.1) is 0 Å². The number of hydrogen-bond acceptors (Lipinski definition) is 5. The highest BCUT2D eigenvalue weighted by molar-refractivity contribution is 5.92. The van der Waals surface area contributed by atoms with Gasteiger partial charge < -0.3 is 20.1 Å². The number of hydrogen-bond donors (Lipinski definition) is 2. The van der Waals surface area contributed by atoms with Crippen molar-refractivity contribution in [2.45, 2.75) is 56.4 Å². The Labute approximate surface area is 162 Å². The van der Waals surface area contributed by atoms with Crippen molar-refractivity contribution >= 4 is 11.8 Å². The third kappa shape index (κ3) is 4.34. The van der Waals surface area contributed by atoms with Gasteiger partial charge in [-0.2, -0.15) is 0 Å². The molecule has 3 fully saturated rings. The first-order chi connectivity index (χ1) is 13.4. The van der Waals surface area contributed by atoms with Crippen LogP contribution in [0.3, 0.4) is 0 Å². The van der Waals surface area contributed by atoms with Crippen molar-refractivity contribution in [1.82, 2.24) is 20.7 Å². The third-order valence-electron chi connectivity index (χ3n) is 5.92. The van der Waals surface area contributed by atoms with Gasteiger partial charge in [-0.3, -0.25) is 9.59 Å². The van der Waals surface area contributed by atoms with E-state index in [1.165, 1.54) is 11.0 Å². The average molecular weight is 396 g/mol. The molecule has 3 heterocycles. The van der Waals surface area contributed by atoms with Gasteiger partial charge >= 0.3 is 0 Å². The fourth-order valence-corrected chi connectivity index (χ4v) is 3.98. The zero-order valence-corrected chi connectivity index (χ0v) is 15.8. The van der Waals surface area contributed by atoms with Gasteiger partial charge in [-0.25, -0.2) is 8.78 Å². The van der Waals surface area contributed by atoms with Gasteiger partial charge in [0.25, 0.3) is 11.8 Å². The molecule has 0 aromatic carbocycles. The Hall–Kier alpha value is -2.03. The molecule has 0 spiro atoms. The van der Waals surface area contributed by atoms with Gasteiger partial charge in [-0.1, -0.05) is 5.16 Å². The first-order valence-electron chi connectivity index (χ1n) is 10.1. The van der Waals surface area contributed by atoms with Crippen LogP contribution in [-0.2, 0) is 4.79 Å². The number of carbonyl (C=O) groups excluding carboxylic acids is 2. The summed E-state index contributed by atoms with van der Waals surface area (Å²) in [6, 6.07) is 0.215. The second kappa shape index (κ2) is 7.77. The molecule has 2 saturated heterocycles. The number of carbonyl (C=O) groups is 2. The Bertz CT molecular complexity index is 729. The zero-order valence-electron chi connectivity index (χ0n) is 15.8. The van der Waals surface area contributed by atoms with E-state index in [9.17, 15) is 18.4 Å². The molecule has 1 aromatic heterocycles. The third-order valence-corrected chi connectivity index (χ3v) is 5.92. The summed E-state index contributed by atoms with van der Waals surface area (Å²) in [5.74, 6) is -2.87. The van der Waals surface area contributed by atoms with Gasteiger partial charge in [0, 0.05) is 24.9 Å². The molecule has 0 bridgehead atoms. The average Bonchev–Trinajstić information content (AvgIpc) is 3.40. The lowest BCUT2D eigenvalue weighted by molar-refractivity contribution is -0.145. The van der Waals surface area contributed by atoms with Crippen LogP contribution in [0, 0.1) is 5.92 Å². The van der Waals surface area contributed by atoms with E-state index in [4.69, 9.17) is 4.52 Å². The van der Waals surface area contributed by atoms with E-state index in [0.29, 0.717) is 18.1 Å². The molecule has 7 nitrogen and oxygen atoms in total. The number of likely N-dealkylation sites (tertiary alicyclic amines) is 1. The Morgan fingerprint density at radius 1 is 1.25 bits per heavy atom. The van der Waals surface area contributed by atoms with E-state index in [2.05, 4.69) is 15.8 Å². The van der Waals surface area contributed by atoms with Crippen LogP contribution in [0.5, 0.6) is 0 Å². The number of alkyl halides is 2. The maximum atomic E-state index is 14.6. The van der Waals surface area contributed by atoms with Crippen molar-refractivity contribution in [3.8, 4) is 0 Å². The van der Waals surface area contributed by atoms with Crippen LogP contribution in [0.2, 0.25) is 0 Å². The van der Waals surface area contributed by atoms with E-state index >= 15 is 0 Å². The molecule has 9 heteroatoms. The summed E-state index contributed by atoms with van der Waals surface area (Å²) in [6.45, 7) is 1.30. The number of piperidine rings is 2. The van der Waals surface area contributed by atoms with Gasteiger partial charge in [0.05, 0.1) is 12.6 Å². The molecule has 1 saturated carbocycles. The molecule has 2 N–H and O–H groups in total. The lowest BCUT2D eigenvalue weighted by Gasteiger charge is -2.39. The first-order valence-corrected chi connectivity index (χ1v) is 10.1. The highest BCUT2D eigenvalue weighted by Crippen LogP contribution is 2.40. The van der Waals surface area contributed by atoms with Crippen LogP contribution in [0.1, 0.15) is 60.7 Å². The SMILES string of the molecule is O=C(NC1CCN(C(=O)CC2CCNCC2)CC1(F)F)c1cc(C2CC2)on1. The highest BCUT2D eigenvalue weighted by atomic mass is 19.3. The van der Waals surface area contributed by atoms with Gasteiger partial charge in [-0.05, 0) is 51.1 Å². The standard InChI is InChI=1S/C19H26F2N4O3/c20-19(21)11-25(17(26)9-12-3-6-22-7-4-12)8-5-16(19)23-18(27)14-10-15(28-24-14)13-1-2-13/h10,12-13,16,22H,1-9,11H2,(H,23,27). The summed E-state index contributed by atoms with van der Waals surface area (Å²) >= 11 is 0. The van der Waals surface area contributed by atoms with Crippen LogP contribution in [0.15, 0.2) is 10.6 Å². The Kier molecular flexibility index (Phi) is 5.35. The Morgan fingerprint density at radius 2 is 2.00 bits per heavy atom. The summed E-state index contributed by atoms with van der Waals surface area (Å²) in [4.78, 5) is 26.0. The predicted octanol–water partition coefficient (Wildman–Crippen LogP) is 1.91. The maximum Gasteiger partial charge on any atom is 0.285 e. The normalized spacial score (nSPS) is 25.5. The van der Waals surface area contributed by atoms with Crippen LogP contribution < -0.4 is 10.6 Å². The summed E-state index contributed by atoms with van der Waals surface area (Å²) in [6.07, 6.45) is 4.13. The Morgan fingerprint density at radius 3 is 2.68 bits per heavy atom. The second-order valence-electron chi connectivity index (χ2n) is 8.18. The van der Waals surface area contributed by atoms with Gasteiger partial charge in [0.1, 0.15) is 5.76 Å². The molecule has 4 rings (SSSR count). The van der Waals surface area contributed by atoms with Crippen molar-refractivity contribution < 1.29 is 22.9 Å². The molecule has 1 atom stereocenters. The minimum Gasteiger partial charge on any atom is -0.360 e. The fraction of sp³-hybridized carbons (Fsp3) is 0.737. The lowest BCUT2D eigenvalue weighted by atomic mass is 9.93. The van der Waals surface area contributed by atoms with Crippen LogP contribution in [0.25, 0.3) is 0 Å². The molecule has 1 aliphatic carbocycles. The van der Waals surface area contributed by atoms with E-state index in [1.807, 2.05) is 0 Å². The minimum absolute atomic E-state index is 0.0179. The number of halogens is 2. The van der Waals surface area contributed by atoms with E-state index in [0.717, 1.165) is 38.8 Å². The molecular formula is C19H26F2N4O3. The van der Waals surface area contributed by atoms with Crippen LogP contribution >= 0.6 is 0 Å². The maximum absolute atomic E-state index is 14.6. The quantitative estimate of drug-likeness (QED) is 0.794. The second-order valence-corrected chi connectivity index (χ2v) is 8.18. The van der Waals surface area contributed by atoms with E-state index in [-0.39, 0.29) is 30.5 Å². The van der Waals surface area contributed by atoms with Crippen LogP contribution in [0.4, 0.5) is 8.78 Å². The monoisotopic (exact) mass is 396 g/mol. The van der Waals surface area contributed by atoms with Crippen molar-refractivity contribution in [3.05, 3.63) is 17.5 Å². The van der Waals surface area contributed by atoms with Crippen molar-refractivity contribution in [2.24, 2.45) is 5.92 Å². The molecular weight excluding hydrogens is 370 g/mol. The number of nitrogens with zero attached hydrogens (tertiary/aromatic N) is 2. The van der Waals surface area contributed by atoms with Crippen molar-refractivity contribution in [1.29, 1.82) is 0 Å². The first kappa shape index (κ1) is 19.3. The minimum atomic E-state index is -3.18. The number of rotatable bonds is 5. The summed E-state index contributed by atoms with van der Waals surface area (Å²) in [5, 5.41) is 9.31. The zero-order chi connectivity index (χ0) is 19.7. The smallest absolute Gasteiger partial charge is 0.285 e. The molecule has 154 valence electrons. The lowest BCUT2D eigenvalue weighted by Crippen LogP contribution is -2.59. The molecule has 2 aliphatic heterocycles. The largest absolute Gasteiger partial charge is 0.360 e. The molecule has 1 aromatic rings. The van der Waals surface area contributed by atoms with Crippen LogP contribution in [-0.4, -0.2) is 60.0 Å². The molecule has 28 heavy (non-hydrogen) atoms. The van der Waals surface area contributed by atoms with Gasteiger partial charge in [0.15, 0.2) is 5.69 Å². The highest BCUT2D eigenvalue weighted by Gasteiger charge is 2.47. The van der Waals surface area contributed by atoms with Crippen molar-refractivity contribution in [3.63, 3.8) is 0 Å². The summed E-state index contributed by atoms with van der Waals surface area (Å²) in [7, 11) is 0. The number of aromatic nitrogens is 1. The predicted molar refractivity (Wildman–Crippen MR) is 96.1 cm³/mol. The molecule has 2 amide bonds. The summed E-state index contributed by atoms with van der Waals surface area (Å²) in [5.41, 5.74) is 0.0297. The number of nitrogens with one attached hydrogen (secondary N) is 2. The fourth-order valence-electron chi connectivity index (χ4n) is 3.98. The van der Waals surface area contributed by atoms with E-state index < -0.39 is 24.4 Å². The Balaban J connectivity index is 1.31. The topological polar surface area (TPSA) is 87.5 Å². The molecule has 1 unspecified atom stereocenters. The number of amides is 2. The van der Waals surface area contributed by atoms with Gasteiger partial charge in [0.2, 0.25) is 5.91 Å². The van der Waals surface area contributed by atoms with Crippen molar-refractivity contribution in [2.75, 3.05) is 26.2 Å². The molecule has 0 radical (unpaired) electrons. The molecule has 3 aliphatic rings. The van der Waals surface area contributed by atoms with E-state index in [1.54, 1.807) is 0 Å².